The number of imide groups is 1. The molecule has 1 fully saturated rings. The highest BCUT2D eigenvalue weighted by Gasteiger charge is 2.30. The summed E-state index contributed by atoms with van der Waals surface area (Å²) in [4.78, 5) is 37.0. The van der Waals surface area contributed by atoms with Crippen LogP contribution >= 0.6 is 11.6 Å². The van der Waals surface area contributed by atoms with E-state index in [4.69, 9.17) is 11.6 Å². The van der Waals surface area contributed by atoms with Crippen LogP contribution in [0.15, 0.2) is 48.5 Å². The van der Waals surface area contributed by atoms with Gasteiger partial charge in [0.05, 0.1) is 11.7 Å². The lowest BCUT2D eigenvalue weighted by molar-refractivity contribution is -0.121. The van der Waals surface area contributed by atoms with Crippen molar-refractivity contribution in [2.24, 2.45) is 0 Å². The van der Waals surface area contributed by atoms with E-state index < -0.39 is 0 Å². The van der Waals surface area contributed by atoms with Crippen molar-refractivity contribution in [3.63, 3.8) is 0 Å². The summed E-state index contributed by atoms with van der Waals surface area (Å²) in [6.45, 7) is 1.87. The van der Waals surface area contributed by atoms with Crippen LogP contribution in [-0.4, -0.2) is 17.7 Å². The molecular weight excluding hydrogens is 340 g/mol. The van der Waals surface area contributed by atoms with Gasteiger partial charge in [0.15, 0.2) is 0 Å². The number of benzene rings is 2. The van der Waals surface area contributed by atoms with E-state index in [1.807, 2.05) is 19.1 Å². The number of rotatable bonds is 4. The number of halogens is 1. The Balaban J connectivity index is 1.70. The van der Waals surface area contributed by atoms with Gasteiger partial charge in [0.2, 0.25) is 11.8 Å². The molecule has 2 aromatic carbocycles. The maximum atomic E-state index is 12.4. The van der Waals surface area contributed by atoms with Crippen LogP contribution in [0.3, 0.4) is 0 Å². The van der Waals surface area contributed by atoms with Crippen molar-refractivity contribution in [3.05, 3.63) is 64.7 Å². The first kappa shape index (κ1) is 17.2. The van der Waals surface area contributed by atoms with Crippen molar-refractivity contribution in [3.8, 4) is 0 Å². The van der Waals surface area contributed by atoms with Crippen LogP contribution in [0.5, 0.6) is 0 Å². The molecule has 0 spiro atoms. The molecule has 0 aliphatic carbocycles. The Morgan fingerprint density at radius 3 is 2.32 bits per heavy atom. The molecule has 3 amide bonds. The van der Waals surface area contributed by atoms with Gasteiger partial charge in [-0.05, 0) is 48.9 Å². The van der Waals surface area contributed by atoms with Crippen LogP contribution in [0, 0.1) is 0 Å². The van der Waals surface area contributed by atoms with Crippen LogP contribution in [0.25, 0.3) is 0 Å². The Morgan fingerprint density at radius 2 is 1.72 bits per heavy atom. The van der Waals surface area contributed by atoms with E-state index in [9.17, 15) is 14.4 Å². The predicted molar refractivity (Wildman–Crippen MR) is 95.5 cm³/mol. The third-order valence-electron chi connectivity index (χ3n) is 4.14. The summed E-state index contributed by atoms with van der Waals surface area (Å²) < 4.78 is 0. The molecule has 25 heavy (non-hydrogen) atoms. The fourth-order valence-electron chi connectivity index (χ4n) is 2.77. The molecule has 6 heteroatoms. The summed E-state index contributed by atoms with van der Waals surface area (Å²) in [7, 11) is 0. The fourth-order valence-corrected chi connectivity index (χ4v) is 2.96. The molecule has 1 N–H and O–H groups in total. The molecule has 128 valence electrons. The molecule has 1 atom stereocenters. The topological polar surface area (TPSA) is 66.5 Å². The zero-order valence-electron chi connectivity index (χ0n) is 13.7. The predicted octanol–water partition coefficient (Wildman–Crippen LogP) is 3.48. The van der Waals surface area contributed by atoms with Crippen LogP contribution < -0.4 is 10.2 Å². The fraction of sp³-hybridized carbons (Fsp3) is 0.211. The first-order chi connectivity index (χ1) is 12.0. The van der Waals surface area contributed by atoms with Crippen LogP contribution in [0.4, 0.5) is 5.69 Å². The zero-order chi connectivity index (χ0) is 18.0. The van der Waals surface area contributed by atoms with Gasteiger partial charge >= 0.3 is 0 Å². The van der Waals surface area contributed by atoms with Crippen molar-refractivity contribution >= 4 is 35.0 Å². The normalized spacial score (nSPS) is 15.4. The number of nitrogens with one attached hydrogen (secondary N) is 1. The minimum atomic E-state index is -0.238. The van der Waals surface area contributed by atoms with Crippen molar-refractivity contribution in [2.75, 3.05) is 4.90 Å². The summed E-state index contributed by atoms with van der Waals surface area (Å²) in [5, 5.41) is 3.51. The lowest BCUT2D eigenvalue weighted by Gasteiger charge is -2.16. The summed E-state index contributed by atoms with van der Waals surface area (Å²) in [5.41, 5.74) is 1.86. The van der Waals surface area contributed by atoms with E-state index in [0.717, 1.165) is 10.5 Å². The number of carbonyl (C=O) groups is 3. The zero-order valence-corrected chi connectivity index (χ0v) is 14.4. The van der Waals surface area contributed by atoms with Gasteiger partial charge in [-0.25, -0.2) is 0 Å². The Hall–Kier alpha value is -2.66. The quantitative estimate of drug-likeness (QED) is 0.853. The minimum absolute atomic E-state index is 0.201. The van der Waals surface area contributed by atoms with Crippen molar-refractivity contribution in [1.82, 2.24) is 5.32 Å². The third kappa shape index (κ3) is 3.72. The molecule has 0 unspecified atom stereocenters. The lowest BCUT2D eigenvalue weighted by Crippen LogP contribution is -2.29. The van der Waals surface area contributed by atoms with Gasteiger partial charge in [0.25, 0.3) is 5.91 Å². The number of anilines is 1. The largest absolute Gasteiger partial charge is 0.346 e. The molecule has 1 aliphatic rings. The highest BCUT2D eigenvalue weighted by atomic mass is 35.5. The summed E-state index contributed by atoms with van der Waals surface area (Å²) in [6.07, 6.45) is 0.469. The molecule has 5 nitrogen and oxygen atoms in total. The second-order valence-electron chi connectivity index (χ2n) is 5.92. The van der Waals surface area contributed by atoms with E-state index >= 15 is 0 Å². The van der Waals surface area contributed by atoms with Crippen molar-refractivity contribution in [2.45, 2.75) is 25.8 Å². The van der Waals surface area contributed by atoms with Gasteiger partial charge < -0.3 is 5.32 Å². The lowest BCUT2D eigenvalue weighted by atomic mass is 10.1. The van der Waals surface area contributed by atoms with E-state index in [1.54, 1.807) is 36.4 Å². The standard InChI is InChI=1S/C19H17ClN2O3/c1-12(14-3-2-4-15(20)11-14)21-19(25)13-5-7-16(8-6-13)22-17(23)9-10-18(22)24/h2-8,11-12H,9-10H2,1H3,(H,21,25)/t12-/m0/s1. The van der Waals surface area contributed by atoms with Crippen LogP contribution in [0.2, 0.25) is 5.02 Å². The molecule has 1 aliphatic heterocycles. The first-order valence-electron chi connectivity index (χ1n) is 7.98. The summed E-state index contributed by atoms with van der Waals surface area (Å²) in [5.74, 6) is -0.660. The van der Waals surface area contributed by atoms with E-state index in [1.165, 1.54) is 0 Å². The SMILES string of the molecule is C[C@H](NC(=O)c1ccc(N2C(=O)CCC2=O)cc1)c1cccc(Cl)c1. The number of nitrogens with zero attached hydrogens (tertiary/aromatic N) is 1. The molecule has 2 aromatic rings. The third-order valence-corrected chi connectivity index (χ3v) is 4.37. The van der Waals surface area contributed by atoms with Crippen LogP contribution in [-0.2, 0) is 9.59 Å². The average molecular weight is 357 g/mol. The van der Waals surface area contributed by atoms with E-state index in [0.29, 0.717) is 16.3 Å². The summed E-state index contributed by atoms with van der Waals surface area (Å²) in [6, 6.07) is 13.5. The molecule has 0 bridgehead atoms. The Morgan fingerprint density at radius 1 is 1.08 bits per heavy atom. The smallest absolute Gasteiger partial charge is 0.251 e. The number of hydrogen-bond acceptors (Lipinski definition) is 3. The molecular formula is C19H17ClN2O3. The van der Waals surface area contributed by atoms with Crippen molar-refractivity contribution < 1.29 is 14.4 Å². The van der Waals surface area contributed by atoms with Crippen molar-refractivity contribution in [1.29, 1.82) is 0 Å². The average Bonchev–Trinajstić information content (AvgIpc) is 2.93. The molecule has 1 heterocycles. The van der Waals surface area contributed by atoms with Gasteiger partial charge in [-0.2, -0.15) is 0 Å². The van der Waals surface area contributed by atoms with Gasteiger partial charge in [-0.15, -0.1) is 0 Å². The molecule has 0 radical (unpaired) electrons. The molecule has 3 rings (SSSR count). The summed E-state index contributed by atoms with van der Waals surface area (Å²) >= 11 is 5.97. The van der Waals surface area contributed by atoms with E-state index in [-0.39, 0.29) is 36.6 Å². The first-order valence-corrected chi connectivity index (χ1v) is 8.35. The van der Waals surface area contributed by atoms with Gasteiger partial charge in [0, 0.05) is 23.4 Å². The second kappa shape index (κ2) is 7.07. The Kier molecular flexibility index (Phi) is 4.86. The highest BCUT2D eigenvalue weighted by Crippen LogP contribution is 2.23. The van der Waals surface area contributed by atoms with Gasteiger partial charge in [0.1, 0.15) is 0 Å². The maximum absolute atomic E-state index is 12.4. The molecule has 0 saturated carbocycles. The molecule has 0 aromatic heterocycles. The number of amides is 3. The maximum Gasteiger partial charge on any atom is 0.251 e. The Bertz CT molecular complexity index is 817. The number of carbonyl (C=O) groups excluding carboxylic acids is 3. The van der Waals surface area contributed by atoms with Crippen LogP contribution in [0.1, 0.15) is 41.7 Å². The van der Waals surface area contributed by atoms with Gasteiger partial charge in [-0.1, -0.05) is 23.7 Å². The van der Waals surface area contributed by atoms with Gasteiger partial charge in [-0.3, -0.25) is 19.3 Å². The van der Waals surface area contributed by atoms with E-state index in [2.05, 4.69) is 5.32 Å². The Labute approximate surface area is 150 Å². The minimum Gasteiger partial charge on any atom is -0.346 e. The number of hydrogen-bond donors (Lipinski definition) is 1. The second-order valence-corrected chi connectivity index (χ2v) is 6.36. The molecule has 1 saturated heterocycles. The highest BCUT2D eigenvalue weighted by molar-refractivity contribution is 6.30. The monoisotopic (exact) mass is 356 g/mol.